The van der Waals surface area contributed by atoms with Crippen LogP contribution in [0.2, 0.25) is 5.02 Å². The summed E-state index contributed by atoms with van der Waals surface area (Å²) in [7, 11) is 1.59. The SMILES string of the molecule is COc1cc(Cl)cc(CN)c1OCc1ccc(I)cc1. The number of rotatable bonds is 5. The number of methoxy groups -OCH3 is 1. The summed E-state index contributed by atoms with van der Waals surface area (Å²) in [5, 5.41) is 0.587. The maximum absolute atomic E-state index is 6.02. The third-order valence-electron chi connectivity index (χ3n) is 2.83. The van der Waals surface area contributed by atoms with Crippen molar-refractivity contribution in [2.45, 2.75) is 13.2 Å². The van der Waals surface area contributed by atoms with Gasteiger partial charge in [0.1, 0.15) is 6.61 Å². The predicted octanol–water partition coefficient (Wildman–Crippen LogP) is 3.99. The molecule has 0 unspecified atom stereocenters. The average molecular weight is 404 g/mol. The Balaban J connectivity index is 2.21. The van der Waals surface area contributed by atoms with Crippen molar-refractivity contribution in [3.05, 3.63) is 56.1 Å². The zero-order valence-electron chi connectivity index (χ0n) is 11.0. The molecule has 2 aromatic rings. The molecule has 0 saturated carbocycles. The van der Waals surface area contributed by atoms with Gasteiger partial charge in [-0.2, -0.15) is 0 Å². The summed E-state index contributed by atoms with van der Waals surface area (Å²) in [6.07, 6.45) is 0. The van der Waals surface area contributed by atoms with Crippen LogP contribution in [0.5, 0.6) is 11.5 Å². The minimum atomic E-state index is 0.346. The van der Waals surface area contributed by atoms with E-state index in [0.29, 0.717) is 29.7 Å². The molecular weight excluding hydrogens is 389 g/mol. The third-order valence-corrected chi connectivity index (χ3v) is 3.77. The topological polar surface area (TPSA) is 44.5 Å². The molecule has 20 heavy (non-hydrogen) atoms. The van der Waals surface area contributed by atoms with E-state index in [1.807, 2.05) is 24.3 Å². The van der Waals surface area contributed by atoms with Gasteiger partial charge in [0.05, 0.1) is 7.11 Å². The lowest BCUT2D eigenvalue weighted by molar-refractivity contribution is 0.281. The molecule has 0 amide bonds. The molecule has 0 spiro atoms. The minimum Gasteiger partial charge on any atom is -0.493 e. The van der Waals surface area contributed by atoms with Crippen molar-refractivity contribution in [3.8, 4) is 11.5 Å². The van der Waals surface area contributed by atoms with Gasteiger partial charge in [-0.15, -0.1) is 0 Å². The van der Waals surface area contributed by atoms with Gasteiger partial charge in [0.25, 0.3) is 0 Å². The van der Waals surface area contributed by atoms with Gasteiger partial charge in [-0.25, -0.2) is 0 Å². The largest absolute Gasteiger partial charge is 0.493 e. The highest BCUT2D eigenvalue weighted by Crippen LogP contribution is 2.35. The number of benzene rings is 2. The van der Waals surface area contributed by atoms with Crippen LogP contribution in [0.3, 0.4) is 0 Å². The van der Waals surface area contributed by atoms with Crippen LogP contribution in [0.15, 0.2) is 36.4 Å². The highest BCUT2D eigenvalue weighted by Gasteiger charge is 2.12. The first-order valence-corrected chi connectivity index (χ1v) is 7.53. The molecule has 0 aliphatic rings. The lowest BCUT2D eigenvalue weighted by Gasteiger charge is -2.15. The Labute approximate surface area is 137 Å². The van der Waals surface area contributed by atoms with Crippen molar-refractivity contribution in [2.75, 3.05) is 7.11 Å². The first kappa shape index (κ1) is 15.4. The minimum absolute atomic E-state index is 0.346. The molecule has 0 bridgehead atoms. The van der Waals surface area contributed by atoms with E-state index in [-0.39, 0.29) is 0 Å². The second kappa shape index (κ2) is 7.15. The zero-order chi connectivity index (χ0) is 14.5. The van der Waals surface area contributed by atoms with Crippen LogP contribution in [0, 0.1) is 3.57 Å². The molecule has 2 rings (SSSR count). The van der Waals surface area contributed by atoms with Crippen molar-refractivity contribution in [1.82, 2.24) is 0 Å². The number of halogens is 2. The van der Waals surface area contributed by atoms with Crippen LogP contribution in [0.4, 0.5) is 0 Å². The van der Waals surface area contributed by atoms with Crippen LogP contribution in [0.1, 0.15) is 11.1 Å². The smallest absolute Gasteiger partial charge is 0.166 e. The van der Waals surface area contributed by atoms with Crippen LogP contribution in [0.25, 0.3) is 0 Å². The highest BCUT2D eigenvalue weighted by molar-refractivity contribution is 14.1. The lowest BCUT2D eigenvalue weighted by Crippen LogP contribution is -2.04. The Morgan fingerprint density at radius 2 is 1.90 bits per heavy atom. The maximum atomic E-state index is 6.02. The third kappa shape index (κ3) is 3.77. The molecule has 0 heterocycles. The molecule has 0 fully saturated rings. The van der Waals surface area contributed by atoms with Crippen molar-refractivity contribution < 1.29 is 9.47 Å². The molecule has 0 aromatic heterocycles. The standard InChI is InChI=1S/C15H15ClINO2/c1-19-14-7-12(16)6-11(8-18)15(14)20-9-10-2-4-13(17)5-3-10/h2-7H,8-9,18H2,1H3. The van der Waals surface area contributed by atoms with Gasteiger partial charge < -0.3 is 15.2 Å². The molecule has 3 nitrogen and oxygen atoms in total. The van der Waals surface area contributed by atoms with Gasteiger partial charge in [0.15, 0.2) is 11.5 Å². The van der Waals surface area contributed by atoms with Crippen LogP contribution in [-0.2, 0) is 13.2 Å². The number of hydrogen-bond donors (Lipinski definition) is 1. The van der Waals surface area contributed by atoms with E-state index in [1.54, 1.807) is 19.2 Å². The zero-order valence-corrected chi connectivity index (χ0v) is 13.9. The van der Waals surface area contributed by atoms with Crippen molar-refractivity contribution in [1.29, 1.82) is 0 Å². The summed E-state index contributed by atoms with van der Waals surface area (Å²) in [6, 6.07) is 11.7. The molecule has 0 aliphatic carbocycles. The fourth-order valence-electron chi connectivity index (χ4n) is 1.83. The second-order valence-electron chi connectivity index (χ2n) is 4.22. The number of nitrogens with two attached hydrogens (primary N) is 1. The quantitative estimate of drug-likeness (QED) is 0.768. The van der Waals surface area contributed by atoms with Crippen LogP contribution >= 0.6 is 34.2 Å². The summed E-state index contributed by atoms with van der Waals surface area (Å²) in [6.45, 7) is 0.806. The molecule has 0 aliphatic heterocycles. The van der Waals surface area contributed by atoms with Crippen LogP contribution < -0.4 is 15.2 Å². The average Bonchev–Trinajstić information content (AvgIpc) is 2.46. The van der Waals surface area contributed by atoms with Crippen molar-refractivity contribution in [3.63, 3.8) is 0 Å². The normalized spacial score (nSPS) is 10.4. The Morgan fingerprint density at radius 1 is 1.20 bits per heavy atom. The Morgan fingerprint density at radius 3 is 2.50 bits per heavy atom. The summed E-state index contributed by atoms with van der Waals surface area (Å²) >= 11 is 8.29. The fraction of sp³-hybridized carbons (Fsp3) is 0.200. The fourth-order valence-corrected chi connectivity index (χ4v) is 2.42. The molecule has 0 atom stereocenters. The van der Waals surface area contributed by atoms with E-state index in [0.717, 1.165) is 11.1 Å². The molecule has 5 heteroatoms. The lowest BCUT2D eigenvalue weighted by atomic mass is 10.2. The highest BCUT2D eigenvalue weighted by atomic mass is 127. The summed E-state index contributed by atoms with van der Waals surface area (Å²) in [4.78, 5) is 0. The second-order valence-corrected chi connectivity index (χ2v) is 5.90. The summed E-state index contributed by atoms with van der Waals surface area (Å²) < 4.78 is 12.4. The first-order valence-electron chi connectivity index (χ1n) is 6.07. The molecular formula is C15H15ClINO2. The number of hydrogen-bond acceptors (Lipinski definition) is 3. The van der Waals surface area contributed by atoms with Crippen LogP contribution in [-0.4, -0.2) is 7.11 Å². The van der Waals surface area contributed by atoms with Gasteiger partial charge in [-0.1, -0.05) is 23.7 Å². The van der Waals surface area contributed by atoms with Gasteiger partial charge in [0.2, 0.25) is 0 Å². The molecule has 106 valence electrons. The van der Waals surface area contributed by atoms with Gasteiger partial charge in [-0.05, 0) is 46.4 Å². The van der Waals surface area contributed by atoms with E-state index in [4.69, 9.17) is 26.8 Å². The first-order chi connectivity index (χ1) is 9.63. The van der Waals surface area contributed by atoms with E-state index >= 15 is 0 Å². The Bertz CT molecular complexity index is 562. The Hall–Kier alpha value is -0.980. The Kier molecular flexibility index (Phi) is 5.51. The van der Waals surface area contributed by atoms with Gasteiger partial charge in [-0.3, -0.25) is 0 Å². The van der Waals surface area contributed by atoms with Gasteiger partial charge >= 0.3 is 0 Å². The summed E-state index contributed by atoms with van der Waals surface area (Å²) in [5.41, 5.74) is 7.66. The maximum Gasteiger partial charge on any atom is 0.166 e. The van der Waals surface area contributed by atoms with Gasteiger partial charge in [0, 0.05) is 26.8 Å². The van der Waals surface area contributed by atoms with E-state index in [2.05, 4.69) is 22.6 Å². The van der Waals surface area contributed by atoms with E-state index < -0.39 is 0 Å². The monoisotopic (exact) mass is 403 g/mol. The van der Waals surface area contributed by atoms with Crippen molar-refractivity contribution in [2.24, 2.45) is 5.73 Å². The van der Waals surface area contributed by atoms with Crippen molar-refractivity contribution >= 4 is 34.2 Å². The molecule has 2 aromatic carbocycles. The molecule has 0 saturated heterocycles. The van der Waals surface area contributed by atoms with E-state index in [9.17, 15) is 0 Å². The van der Waals surface area contributed by atoms with E-state index in [1.165, 1.54) is 3.57 Å². The summed E-state index contributed by atoms with van der Waals surface area (Å²) in [5.74, 6) is 1.25. The molecule has 2 N–H and O–H groups in total. The molecule has 0 radical (unpaired) electrons. The predicted molar refractivity (Wildman–Crippen MR) is 89.4 cm³/mol. The number of ether oxygens (including phenoxy) is 2.